The second kappa shape index (κ2) is 6.12. The fourth-order valence-electron chi connectivity index (χ4n) is 1.47. The van der Waals surface area contributed by atoms with Crippen molar-refractivity contribution < 1.29 is 9.53 Å². The van der Waals surface area contributed by atoms with E-state index in [0.717, 1.165) is 5.69 Å². The van der Waals surface area contributed by atoms with Gasteiger partial charge < -0.3 is 15.4 Å². The average molecular weight is 222 g/mol. The van der Waals surface area contributed by atoms with E-state index < -0.39 is 0 Å². The maximum atomic E-state index is 11.4. The SMILES string of the molecule is CNC(=O)c1cccc(NC(C)COC)c1. The summed E-state index contributed by atoms with van der Waals surface area (Å²) in [6, 6.07) is 7.60. The third kappa shape index (κ3) is 3.55. The van der Waals surface area contributed by atoms with Gasteiger partial charge in [0.25, 0.3) is 5.91 Å². The molecule has 0 aliphatic rings. The zero-order valence-corrected chi connectivity index (χ0v) is 9.91. The molecule has 0 saturated heterocycles. The Labute approximate surface area is 96.0 Å². The summed E-state index contributed by atoms with van der Waals surface area (Å²) in [4.78, 5) is 11.4. The van der Waals surface area contributed by atoms with Crippen molar-refractivity contribution in [1.29, 1.82) is 0 Å². The van der Waals surface area contributed by atoms with Crippen molar-refractivity contribution in [3.05, 3.63) is 29.8 Å². The Hall–Kier alpha value is -1.55. The minimum absolute atomic E-state index is 0.0805. The standard InChI is InChI=1S/C12H18N2O2/c1-9(8-16-3)14-11-6-4-5-10(7-11)12(15)13-2/h4-7,9,14H,8H2,1-3H3,(H,13,15). The highest BCUT2D eigenvalue weighted by molar-refractivity contribution is 5.94. The molecule has 1 aromatic rings. The van der Waals surface area contributed by atoms with Crippen molar-refractivity contribution >= 4 is 11.6 Å². The number of amides is 1. The van der Waals surface area contributed by atoms with Gasteiger partial charge in [0.1, 0.15) is 0 Å². The molecular formula is C12H18N2O2. The molecule has 0 saturated carbocycles. The van der Waals surface area contributed by atoms with Gasteiger partial charge in [-0.25, -0.2) is 0 Å². The maximum Gasteiger partial charge on any atom is 0.251 e. The first-order valence-corrected chi connectivity index (χ1v) is 5.25. The molecule has 1 aromatic carbocycles. The van der Waals surface area contributed by atoms with Crippen LogP contribution in [0.15, 0.2) is 24.3 Å². The van der Waals surface area contributed by atoms with Crippen LogP contribution in [0.3, 0.4) is 0 Å². The molecule has 0 aromatic heterocycles. The van der Waals surface area contributed by atoms with Crippen molar-refractivity contribution in [2.75, 3.05) is 26.1 Å². The Kier molecular flexibility index (Phi) is 4.79. The Morgan fingerprint density at radius 1 is 1.50 bits per heavy atom. The molecule has 16 heavy (non-hydrogen) atoms. The highest BCUT2D eigenvalue weighted by atomic mass is 16.5. The number of ether oxygens (including phenoxy) is 1. The fourth-order valence-corrected chi connectivity index (χ4v) is 1.47. The van der Waals surface area contributed by atoms with Gasteiger partial charge in [0.05, 0.1) is 6.61 Å². The molecule has 1 rings (SSSR count). The van der Waals surface area contributed by atoms with Crippen LogP contribution in [0.1, 0.15) is 17.3 Å². The number of rotatable bonds is 5. The summed E-state index contributed by atoms with van der Waals surface area (Å²) in [5.41, 5.74) is 1.57. The Morgan fingerprint density at radius 3 is 2.88 bits per heavy atom. The molecule has 88 valence electrons. The second-order valence-electron chi connectivity index (χ2n) is 3.66. The first kappa shape index (κ1) is 12.5. The van der Waals surface area contributed by atoms with Crippen molar-refractivity contribution in [2.24, 2.45) is 0 Å². The molecule has 4 nitrogen and oxygen atoms in total. The van der Waals surface area contributed by atoms with Crippen molar-refractivity contribution in [3.8, 4) is 0 Å². The molecular weight excluding hydrogens is 204 g/mol. The van der Waals surface area contributed by atoms with Crippen LogP contribution in [0.5, 0.6) is 0 Å². The highest BCUT2D eigenvalue weighted by Gasteiger charge is 2.05. The minimum Gasteiger partial charge on any atom is -0.383 e. The summed E-state index contributed by atoms with van der Waals surface area (Å²) >= 11 is 0. The van der Waals surface area contributed by atoms with E-state index >= 15 is 0 Å². The molecule has 4 heteroatoms. The number of benzene rings is 1. The third-order valence-corrected chi connectivity index (χ3v) is 2.18. The van der Waals surface area contributed by atoms with Crippen LogP contribution in [0.2, 0.25) is 0 Å². The van der Waals surface area contributed by atoms with Crippen molar-refractivity contribution in [1.82, 2.24) is 5.32 Å². The van der Waals surface area contributed by atoms with E-state index in [1.807, 2.05) is 25.1 Å². The summed E-state index contributed by atoms with van der Waals surface area (Å²) in [5, 5.41) is 5.85. The average Bonchev–Trinajstić information content (AvgIpc) is 2.28. The summed E-state index contributed by atoms with van der Waals surface area (Å²) in [7, 11) is 3.29. The first-order valence-electron chi connectivity index (χ1n) is 5.25. The second-order valence-corrected chi connectivity index (χ2v) is 3.66. The van der Waals surface area contributed by atoms with Crippen LogP contribution in [0.25, 0.3) is 0 Å². The van der Waals surface area contributed by atoms with E-state index in [1.54, 1.807) is 20.2 Å². The predicted molar refractivity (Wildman–Crippen MR) is 64.8 cm³/mol. The van der Waals surface area contributed by atoms with Gasteiger partial charge in [-0.15, -0.1) is 0 Å². The molecule has 1 amide bonds. The van der Waals surface area contributed by atoms with E-state index in [4.69, 9.17) is 4.74 Å². The van der Waals surface area contributed by atoms with Gasteiger partial charge in [-0.1, -0.05) is 6.07 Å². The van der Waals surface area contributed by atoms with E-state index in [2.05, 4.69) is 10.6 Å². The Balaban J connectivity index is 2.70. The molecule has 0 bridgehead atoms. The number of carbonyl (C=O) groups excluding carboxylic acids is 1. The van der Waals surface area contributed by atoms with E-state index in [0.29, 0.717) is 12.2 Å². The van der Waals surface area contributed by atoms with Gasteiger partial charge in [0, 0.05) is 31.5 Å². The van der Waals surface area contributed by atoms with Crippen LogP contribution < -0.4 is 10.6 Å². The molecule has 0 spiro atoms. The van der Waals surface area contributed by atoms with Crippen molar-refractivity contribution in [3.63, 3.8) is 0 Å². The number of hydrogen-bond acceptors (Lipinski definition) is 3. The number of hydrogen-bond donors (Lipinski definition) is 2. The monoisotopic (exact) mass is 222 g/mol. The zero-order chi connectivity index (χ0) is 12.0. The molecule has 0 heterocycles. The quantitative estimate of drug-likeness (QED) is 0.793. The molecule has 0 aliphatic carbocycles. The molecule has 0 fully saturated rings. The number of methoxy groups -OCH3 is 1. The van der Waals surface area contributed by atoms with Crippen LogP contribution in [-0.4, -0.2) is 32.7 Å². The van der Waals surface area contributed by atoms with Gasteiger partial charge in [0.15, 0.2) is 0 Å². The van der Waals surface area contributed by atoms with Crippen LogP contribution in [-0.2, 0) is 4.74 Å². The molecule has 0 radical (unpaired) electrons. The lowest BCUT2D eigenvalue weighted by atomic mass is 10.2. The largest absolute Gasteiger partial charge is 0.383 e. The van der Waals surface area contributed by atoms with Crippen molar-refractivity contribution in [2.45, 2.75) is 13.0 Å². The smallest absolute Gasteiger partial charge is 0.251 e. The number of nitrogens with one attached hydrogen (secondary N) is 2. The predicted octanol–water partition coefficient (Wildman–Crippen LogP) is 1.49. The Bertz CT molecular complexity index is 353. The van der Waals surface area contributed by atoms with Crippen LogP contribution in [0, 0.1) is 0 Å². The van der Waals surface area contributed by atoms with Crippen LogP contribution >= 0.6 is 0 Å². The summed E-state index contributed by atoms with van der Waals surface area (Å²) in [6.07, 6.45) is 0. The highest BCUT2D eigenvalue weighted by Crippen LogP contribution is 2.11. The first-order chi connectivity index (χ1) is 7.67. The van der Waals surface area contributed by atoms with Gasteiger partial charge >= 0.3 is 0 Å². The van der Waals surface area contributed by atoms with E-state index in [1.165, 1.54) is 0 Å². The molecule has 1 unspecified atom stereocenters. The van der Waals surface area contributed by atoms with E-state index in [-0.39, 0.29) is 11.9 Å². The summed E-state index contributed by atoms with van der Waals surface area (Å²) in [5.74, 6) is -0.0805. The molecule has 1 atom stereocenters. The zero-order valence-electron chi connectivity index (χ0n) is 9.91. The lowest BCUT2D eigenvalue weighted by Gasteiger charge is -2.14. The summed E-state index contributed by atoms with van der Waals surface area (Å²) in [6.45, 7) is 2.65. The maximum absolute atomic E-state index is 11.4. The van der Waals surface area contributed by atoms with Crippen LogP contribution in [0.4, 0.5) is 5.69 Å². The Morgan fingerprint density at radius 2 is 2.25 bits per heavy atom. The molecule has 2 N–H and O–H groups in total. The minimum atomic E-state index is -0.0805. The molecule has 0 aliphatic heterocycles. The fraction of sp³-hybridized carbons (Fsp3) is 0.417. The topological polar surface area (TPSA) is 50.4 Å². The lowest BCUT2D eigenvalue weighted by Crippen LogP contribution is -2.21. The lowest BCUT2D eigenvalue weighted by molar-refractivity contribution is 0.0963. The number of carbonyl (C=O) groups is 1. The number of anilines is 1. The van der Waals surface area contributed by atoms with Gasteiger partial charge in [-0.3, -0.25) is 4.79 Å². The normalized spacial score (nSPS) is 11.9. The summed E-state index contributed by atoms with van der Waals surface area (Å²) < 4.78 is 5.03. The van der Waals surface area contributed by atoms with Gasteiger partial charge in [-0.05, 0) is 25.1 Å². The van der Waals surface area contributed by atoms with Gasteiger partial charge in [0.2, 0.25) is 0 Å². The van der Waals surface area contributed by atoms with E-state index in [9.17, 15) is 4.79 Å². The van der Waals surface area contributed by atoms with Gasteiger partial charge in [-0.2, -0.15) is 0 Å². The third-order valence-electron chi connectivity index (χ3n) is 2.18.